The molecule has 0 aliphatic carbocycles. The molecule has 3 aromatic carbocycles. The monoisotopic (exact) mass is 435 g/mol. The van der Waals surface area contributed by atoms with Crippen molar-refractivity contribution in [2.24, 2.45) is 0 Å². The van der Waals surface area contributed by atoms with Crippen LogP contribution in [0.4, 0.5) is 5.69 Å². The molecule has 0 aliphatic rings. The van der Waals surface area contributed by atoms with Gasteiger partial charge in [0.1, 0.15) is 5.75 Å². The second-order valence-electron chi connectivity index (χ2n) is 6.88. The Morgan fingerprint density at radius 1 is 0.875 bits per heavy atom. The Bertz CT molecular complexity index is 1150. The quantitative estimate of drug-likeness (QED) is 0.416. The second kappa shape index (κ2) is 10.3. The van der Waals surface area contributed by atoms with Crippen LogP contribution in [0.3, 0.4) is 0 Å². The third-order valence-electron chi connectivity index (χ3n) is 4.84. The Labute approximate surface area is 186 Å². The molecule has 0 fully saturated rings. The van der Waals surface area contributed by atoms with Crippen molar-refractivity contribution in [2.45, 2.75) is 13.0 Å². The van der Waals surface area contributed by atoms with Gasteiger partial charge in [-0.05, 0) is 30.5 Å². The molecule has 0 saturated carbocycles. The van der Waals surface area contributed by atoms with Gasteiger partial charge in [0.25, 0.3) is 5.91 Å². The van der Waals surface area contributed by atoms with E-state index < -0.39 is 18.0 Å². The summed E-state index contributed by atoms with van der Waals surface area (Å²) in [5, 5.41) is 4.73. The van der Waals surface area contributed by atoms with Gasteiger partial charge >= 0.3 is 5.97 Å². The molecule has 7 heteroatoms. The van der Waals surface area contributed by atoms with Crippen LogP contribution in [0.25, 0.3) is 16.8 Å². The number of methoxy groups -OCH3 is 3. The molecular weight excluding hydrogens is 410 g/mol. The summed E-state index contributed by atoms with van der Waals surface area (Å²) in [4.78, 5) is 24.8. The minimum Gasteiger partial charge on any atom is -0.496 e. The van der Waals surface area contributed by atoms with Crippen molar-refractivity contribution >= 4 is 34.4 Å². The van der Waals surface area contributed by atoms with E-state index in [1.54, 1.807) is 18.2 Å². The lowest BCUT2D eigenvalue weighted by Crippen LogP contribution is -2.29. The smallest absolute Gasteiger partial charge is 0.331 e. The molecule has 0 radical (unpaired) electrons. The third-order valence-corrected chi connectivity index (χ3v) is 4.84. The van der Waals surface area contributed by atoms with Gasteiger partial charge in [0.2, 0.25) is 0 Å². The molecule has 3 rings (SSSR count). The van der Waals surface area contributed by atoms with Crippen molar-refractivity contribution in [3.63, 3.8) is 0 Å². The fraction of sp³-hybridized carbons (Fsp3) is 0.200. The number of hydrogen-bond acceptors (Lipinski definition) is 6. The Hall–Kier alpha value is -4.00. The van der Waals surface area contributed by atoms with Crippen molar-refractivity contribution < 1.29 is 28.5 Å². The highest BCUT2D eigenvalue weighted by Gasteiger charge is 2.18. The number of carbonyl (C=O) groups is 2. The van der Waals surface area contributed by atoms with E-state index in [2.05, 4.69) is 5.32 Å². The lowest BCUT2D eigenvalue weighted by molar-refractivity contribution is -0.148. The lowest BCUT2D eigenvalue weighted by atomic mass is 10.1. The van der Waals surface area contributed by atoms with Crippen LogP contribution >= 0.6 is 0 Å². The first-order valence-corrected chi connectivity index (χ1v) is 9.94. The standard InChI is InChI=1S/C25H25NO6/c1-16(25(28)26-20-11-7-9-17-8-5-6-10-19(17)20)32-24(27)13-12-18-14-22(30-3)23(31-4)15-21(18)29-2/h5-16H,1-4H3,(H,26,28)/b13-12+. The summed E-state index contributed by atoms with van der Waals surface area (Å²) >= 11 is 0. The highest BCUT2D eigenvalue weighted by atomic mass is 16.5. The van der Waals surface area contributed by atoms with Crippen LogP contribution in [0.15, 0.2) is 60.7 Å². The molecule has 166 valence electrons. The van der Waals surface area contributed by atoms with E-state index in [0.717, 1.165) is 10.8 Å². The molecule has 0 saturated heterocycles. The van der Waals surface area contributed by atoms with Crippen LogP contribution in [0.1, 0.15) is 12.5 Å². The molecule has 32 heavy (non-hydrogen) atoms. The Morgan fingerprint density at radius 2 is 1.53 bits per heavy atom. The average Bonchev–Trinajstić information content (AvgIpc) is 2.82. The number of benzene rings is 3. The first-order valence-electron chi connectivity index (χ1n) is 9.94. The summed E-state index contributed by atoms with van der Waals surface area (Å²) in [5.74, 6) is 0.398. The minimum absolute atomic E-state index is 0.424. The molecule has 7 nitrogen and oxygen atoms in total. The average molecular weight is 435 g/mol. The molecule has 0 spiro atoms. The van der Waals surface area contributed by atoms with Gasteiger partial charge in [-0.15, -0.1) is 0 Å². The maximum Gasteiger partial charge on any atom is 0.331 e. The maximum absolute atomic E-state index is 12.6. The molecule has 0 aromatic heterocycles. The van der Waals surface area contributed by atoms with Gasteiger partial charge in [-0.3, -0.25) is 4.79 Å². The topological polar surface area (TPSA) is 83.1 Å². The zero-order valence-corrected chi connectivity index (χ0v) is 18.4. The number of nitrogens with one attached hydrogen (secondary N) is 1. The third kappa shape index (κ3) is 5.18. The number of amides is 1. The maximum atomic E-state index is 12.6. The Kier molecular flexibility index (Phi) is 7.33. The zero-order valence-electron chi connectivity index (χ0n) is 18.4. The highest BCUT2D eigenvalue weighted by Crippen LogP contribution is 2.35. The van der Waals surface area contributed by atoms with E-state index in [1.165, 1.54) is 40.4 Å². The summed E-state index contributed by atoms with van der Waals surface area (Å²) in [6, 6.07) is 16.7. The number of ether oxygens (including phenoxy) is 4. The molecule has 1 atom stereocenters. The van der Waals surface area contributed by atoms with Crippen molar-refractivity contribution in [2.75, 3.05) is 26.6 Å². The molecule has 0 aliphatic heterocycles. The first kappa shape index (κ1) is 22.7. The van der Waals surface area contributed by atoms with Gasteiger partial charge in [0.15, 0.2) is 17.6 Å². The van der Waals surface area contributed by atoms with Crippen LogP contribution in [-0.4, -0.2) is 39.3 Å². The number of hydrogen-bond donors (Lipinski definition) is 1. The predicted octanol–water partition coefficient (Wildman–Crippen LogP) is 4.45. The number of rotatable bonds is 8. The van der Waals surface area contributed by atoms with Crippen LogP contribution in [0, 0.1) is 0 Å². The molecular formula is C25H25NO6. The number of esters is 1. The highest BCUT2D eigenvalue weighted by molar-refractivity contribution is 6.04. The van der Waals surface area contributed by atoms with Crippen LogP contribution in [0.2, 0.25) is 0 Å². The summed E-state index contributed by atoms with van der Waals surface area (Å²) in [6.45, 7) is 1.52. The van der Waals surface area contributed by atoms with Gasteiger partial charge in [-0.25, -0.2) is 4.79 Å². The summed E-state index contributed by atoms with van der Waals surface area (Å²) in [6.07, 6.45) is 1.77. The van der Waals surface area contributed by atoms with Crippen molar-refractivity contribution in [1.82, 2.24) is 0 Å². The normalized spacial score (nSPS) is 11.8. The van der Waals surface area contributed by atoms with E-state index in [0.29, 0.717) is 28.5 Å². The van der Waals surface area contributed by atoms with E-state index in [1.807, 2.05) is 36.4 Å². The zero-order chi connectivity index (χ0) is 23.1. The molecule has 0 bridgehead atoms. The lowest BCUT2D eigenvalue weighted by Gasteiger charge is -2.14. The molecule has 0 heterocycles. The van der Waals surface area contributed by atoms with Gasteiger partial charge in [0.05, 0.1) is 21.3 Å². The fourth-order valence-electron chi connectivity index (χ4n) is 3.18. The van der Waals surface area contributed by atoms with E-state index in [9.17, 15) is 9.59 Å². The second-order valence-corrected chi connectivity index (χ2v) is 6.88. The minimum atomic E-state index is -0.988. The SMILES string of the molecule is COc1cc(OC)c(OC)cc1/C=C/C(=O)OC(C)C(=O)Nc1cccc2ccccc12. The Morgan fingerprint density at radius 3 is 2.25 bits per heavy atom. The van der Waals surface area contributed by atoms with Gasteiger partial charge in [0, 0.05) is 28.8 Å². The van der Waals surface area contributed by atoms with E-state index >= 15 is 0 Å². The van der Waals surface area contributed by atoms with Crippen LogP contribution in [-0.2, 0) is 14.3 Å². The number of anilines is 1. The van der Waals surface area contributed by atoms with Gasteiger partial charge < -0.3 is 24.3 Å². The number of fused-ring (bicyclic) bond motifs is 1. The first-order chi connectivity index (χ1) is 15.5. The molecule has 1 amide bonds. The van der Waals surface area contributed by atoms with Crippen molar-refractivity contribution in [3.05, 3.63) is 66.2 Å². The number of carbonyl (C=O) groups excluding carboxylic acids is 2. The molecule has 3 aromatic rings. The largest absolute Gasteiger partial charge is 0.496 e. The van der Waals surface area contributed by atoms with E-state index in [-0.39, 0.29) is 0 Å². The predicted molar refractivity (Wildman–Crippen MR) is 123 cm³/mol. The van der Waals surface area contributed by atoms with Crippen molar-refractivity contribution in [3.8, 4) is 17.2 Å². The molecule has 1 unspecified atom stereocenters. The summed E-state index contributed by atoms with van der Waals surface area (Å²) in [5.41, 5.74) is 1.25. The van der Waals surface area contributed by atoms with Gasteiger partial charge in [-0.2, -0.15) is 0 Å². The van der Waals surface area contributed by atoms with Gasteiger partial charge in [-0.1, -0.05) is 36.4 Å². The van der Waals surface area contributed by atoms with Crippen molar-refractivity contribution in [1.29, 1.82) is 0 Å². The van der Waals surface area contributed by atoms with Crippen LogP contribution in [0.5, 0.6) is 17.2 Å². The van der Waals surface area contributed by atoms with E-state index in [4.69, 9.17) is 18.9 Å². The summed E-state index contributed by atoms with van der Waals surface area (Å²) in [7, 11) is 4.55. The Balaban J connectivity index is 1.68. The van der Waals surface area contributed by atoms with Crippen LogP contribution < -0.4 is 19.5 Å². The fourth-order valence-corrected chi connectivity index (χ4v) is 3.18. The molecule has 1 N–H and O–H groups in total. The summed E-state index contributed by atoms with van der Waals surface area (Å²) < 4.78 is 21.1.